The van der Waals surface area contributed by atoms with E-state index in [1.807, 2.05) is 0 Å². The van der Waals surface area contributed by atoms with Crippen molar-refractivity contribution in [3.63, 3.8) is 0 Å². The molecule has 1 aromatic rings. The number of carbonyl (C=O) groups is 1. The summed E-state index contributed by atoms with van der Waals surface area (Å²) in [5.41, 5.74) is 0.922. The third-order valence-corrected chi connectivity index (χ3v) is 1.84. The quantitative estimate of drug-likeness (QED) is 0.441. The lowest BCUT2D eigenvalue weighted by atomic mass is 10.2. The minimum Gasteiger partial charge on any atom is -0.462 e. The standard InChI is InChI=1S/C8H10N2O2S/c1-3-12-8(11)6-5(2)9-4-10-7(6)13/h4H,3H2,1-2H3,(H,9,10,13). The van der Waals surface area contributed by atoms with Crippen LogP contribution >= 0.6 is 12.6 Å². The van der Waals surface area contributed by atoms with E-state index >= 15 is 0 Å². The van der Waals surface area contributed by atoms with Crippen LogP contribution in [0.3, 0.4) is 0 Å². The van der Waals surface area contributed by atoms with Crippen LogP contribution in [-0.2, 0) is 4.74 Å². The highest BCUT2D eigenvalue weighted by Crippen LogP contribution is 2.13. The topological polar surface area (TPSA) is 52.1 Å². The third-order valence-electron chi connectivity index (χ3n) is 1.50. The van der Waals surface area contributed by atoms with Gasteiger partial charge in [-0.3, -0.25) is 0 Å². The van der Waals surface area contributed by atoms with E-state index in [2.05, 4.69) is 22.6 Å². The molecular weight excluding hydrogens is 188 g/mol. The van der Waals surface area contributed by atoms with Gasteiger partial charge < -0.3 is 4.74 Å². The maximum absolute atomic E-state index is 11.3. The first kappa shape index (κ1) is 9.98. The summed E-state index contributed by atoms with van der Waals surface area (Å²) in [6, 6.07) is 0. The van der Waals surface area contributed by atoms with Gasteiger partial charge in [0.2, 0.25) is 0 Å². The van der Waals surface area contributed by atoms with Gasteiger partial charge in [-0.25, -0.2) is 14.8 Å². The van der Waals surface area contributed by atoms with E-state index in [0.29, 0.717) is 22.9 Å². The molecule has 1 aromatic heterocycles. The Bertz CT molecular complexity index is 308. The van der Waals surface area contributed by atoms with E-state index in [9.17, 15) is 4.79 Å². The summed E-state index contributed by atoms with van der Waals surface area (Å²) in [6.45, 7) is 3.79. The van der Waals surface area contributed by atoms with Crippen molar-refractivity contribution >= 4 is 18.6 Å². The second-order valence-corrected chi connectivity index (χ2v) is 2.80. The number of ether oxygens (including phenoxy) is 1. The molecule has 0 aliphatic carbocycles. The van der Waals surface area contributed by atoms with Gasteiger partial charge in [-0.2, -0.15) is 0 Å². The van der Waals surface area contributed by atoms with Crippen LogP contribution in [0.2, 0.25) is 0 Å². The molecule has 0 bridgehead atoms. The van der Waals surface area contributed by atoms with Crippen molar-refractivity contribution in [2.45, 2.75) is 18.9 Å². The Morgan fingerprint density at radius 3 is 2.85 bits per heavy atom. The van der Waals surface area contributed by atoms with Crippen LogP contribution < -0.4 is 0 Å². The van der Waals surface area contributed by atoms with Crippen LogP contribution in [0.4, 0.5) is 0 Å². The summed E-state index contributed by atoms with van der Waals surface area (Å²) in [7, 11) is 0. The van der Waals surface area contributed by atoms with Crippen molar-refractivity contribution < 1.29 is 9.53 Å². The molecule has 70 valence electrons. The molecule has 0 saturated carbocycles. The smallest absolute Gasteiger partial charge is 0.342 e. The zero-order chi connectivity index (χ0) is 9.84. The second-order valence-electron chi connectivity index (χ2n) is 2.38. The molecular formula is C8H10N2O2S. The number of hydrogen-bond acceptors (Lipinski definition) is 5. The molecule has 0 aliphatic heterocycles. The normalized spacial score (nSPS) is 9.77. The lowest BCUT2D eigenvalue weighted by molar-refractivity contribution is 0.0520. The van der Waals surface area contributed by atoms with Gasteiger partial charge in [-0.15, -0.1) is 12.6 Å². The van der Waals surface area contributed by atoms with Crippen LogP contribution in [0.25, 0.3) is 0 Å². The molecule has 4 nitrogen and oxygen atoms in total. The average Bonchev–Trinajstić information content (AvgIpc) is 2.04. The molecule has 0 radical (unpaired) electrons. The maximum atomic E-state index is 11.3. The number of rotatable bonds is 2. The van der Waals surface area contributed by atoms with Crippen LogP contribution in [0.1, 0.15) is 23.0 Å². The fourth-order valence-corrected chi connectivity index (χ4v) is 1.21. The fourth-order valence-electron chi connectivity index (χ4n) is 0.903. The van der Waals surface area contributed by atoms with E-state index in [-0.39, 0.29) is 0 Å². The molecule has 0 fully saturated rings. The second kappa shape index (κ2) is 4.23. The van der Waals surface area contributed by atoms with Gasteiger partial charge in [0.15, 0.2) is 0 Å². The van der Waals surface area contributed by atoms with E-state index in [1.165, 1.54) is 6.33 Å². The van der Waals surface area contributed by atoms with Gasteiger partial charge in [0.25, 0.3) is 0 Å². The fraction of sp³-hybridized carbons (Fsp3) is 0.375. The predicted molar refractivity (Wildman–Crippen MR) is 50.0 cm³/mol. The molecule has 0 unspecified atom stereocenters. The summed E-state index contributed by atoms with van der Waals surface area (Å²) in [5, 5.41) is 0.353. The number of aromatic nitrogens is 2. The zero-order valence-electron chi connectivity index (χ0n) is 7.44. The maximum Gasteiger partial charge on any atom is 0.342 e. The molecule has 0 atom stereocenters. The summed E-state index contributed by atoms with van der Waals surface area (Å²) in [5.74, 6) is -0.425. The first-order valence-corrected chi connectivity index (χ1v) is 4.29. The van der Waals surface area contributed by atoms with Crippen LogP contribution in [-0.4, -0.2) is 22.5 Å². The molecule has 1 rings (SSSR count). The Kier molecular flexibility index (Phi) is 3.25. The summed E-state index contributed by atoms with van der Waals surface area (Å²) in [4.78, 5) is 19.0. The van der Waals surface area contributed by atoms with E-state index in [0.717, 1.165) is 0 Å². The minimum absolute atomic E-state index is 0.334. The van der Waals surface area contributed by atoms with Gasteiger partial charge >= 0.3 is 5.97 Å². The van der Waals surface area contributed by atoms with Crippen molar-refractivity contribution in [3.8, 4) is 0 Å². The Morgan fingerprint density at radius 1 is 1.62 bits per heavy atom. The van der Waals surface area contributed by atoms with Gasteiger partial charge in [0.1, 0.15) is 16.9 Å². The number of carbonyl (C=O) groups excluding carboxylic acids is 1. The molecule has 0 saturated heterocycles. The number of nitrogens with zero attached hydrogens (tertiary/aromatic N) is 2. The average molecular weight is 198 g/mol. The molecule has 0 aromatic carbocycles. The summed E-state index contributed by atoms with van der Waals surface area (Å²) >= 11 is 4.05. The number of thiol groups is 1. The SMILES string of the molecule is CCOC(=O)c1c(C)ncnc1S. The van der Waals surface area contributed by atoms with Gasteiger partial charge in [-0.1, -0.05) is 0 Å². The minimum atomic E-state index is -0.425. The van der Waals surface area contributed by atoms with Crippen molar-refractivity contribution in [2.24, 2.45) is 0 Å². The predicted octanol–water partition coefficient (Wildman–Crippen LogP) is 1.25. The van der Waals surface area contributed by atoms with Crippen LogP contribution in [0.5, 0.6) is 0 Å². The van der Waals surface area contributed by atoms with E-state index in [4.69, 9.17) is 4.74 Å². The lowest BCUT2D eigenvalue weighted by Gasteiger charge is -2.05. The van der Waals surface area contributed by atoms with Crippen LogP contribution in [0.15, 0.2) is 11.4 Å². The Balaban J connectivity index is 3.05. The first-order valence-electron chi connectivity index (χ1n) is 3.84. The van der Waals surface area contributed by atoms with E-state index in [1.54, 1.807) is 13.8 Å². The van der Waals surface area contributed by atoms with Crippen LogP contribution in [0, 0.1) is 6.92 Å². The Morgan fingerprint density at radius 2 is 2.31 bits per heavy atom. The summed E-state index contributed by atoms with van der Waals surface area (Å²) < 4.78 is 4.82. The largest absolute Gasteiger partial charge is 0.462 e. The van der Waals surface area contributed by atoms with Gasteiger partial charge in [0, 0.05) is 0 Å². The molecule has 1 heterocycles. The molecule has 0 aliphatic rings. The van der Waals surface area contributed by atoms with Crippen molar-refractivity contribution in [3.05, 3.63) is 17.6 Å². The molecule has 5 heteroatoms. The van der Waals surface area contributed by atoms with Crippen molar-refractivity contribution in [1.29, 1.82) is 0 Å². The number of esters is 1. The zero-order valence-corrected chi connectivity index (χ0v) is 8.34. The van der Waals surface area contributed by atoms with Crippen molar-refractivity contribution in [1.82, 2.24) is 9.97 Å². The molecule has 13 heavy (non-hydrogen) atoms. The Hall–Kier alpha value is -1.10. The third kappa shape index (κ3) is 2.18. The highest BCUT2D eigenvalue weighted by molar-refractivity contribution is 7.80. The monoisotopic (exact) mass is 198 g/mol. The highest BCUT2D eigenvalue weighted by Gasteiger charge is 2.15. The lowest BCUT2D eigenvalue weighted by Crippen LogP contribution is -2.09. The van der Waals surface area contributed by atoms with Crippen molar-refractivity contribution in [2.75, 3.05) is 6.61 Å². The highest BCUT2D eigenvalue weighted by atomic mass is 32.1. The first-order chi connectivity index (χ1) is 6.16. The van der Waals surface area contributed by atoms with Gasteiger partial charge in [-0.05, 0) is 13.8 Å². The van der Waals surface area contributed by atoms with Gasteiger partial charge in [0.05, 0.1) is 12.3 Å². The molecule has 0 N–H and O–H groups in total. The summed E-state index contributed by atoms with van der Waals surface area (Å²) in [6.07, 6.45) is 1.36. The number of hydrogen-bond donors (Lipinski definition) is 1. The van der Waals surface area contributed by atoms with E-state index < -0.39 is 5.97 Å². The molecule has 0 spiro atoms. The molecule has 0 amide bonds. The Labute approximate surface area is 81.8 Å². The number of aryl methyl sites for hydroxylation is 1.